The molecule has 6 heteroatoms. The number of ether oxygens (including phenoxy) is 2. The largest absolute Gasteiger partial charge is 0.396 e. The first-order chi connectivity index (χ1) is 8.63. The molecule has 0 amide bonds. The van der Waals surface area contributed by atoms with E-state index >= 15 is 0 Å². The van der Waals surface area contributed by atoms with E-state index in [0.29, 0.717) is 29.9 Å². The molecule has 0 radical (unpaired) electrons. The summed E-state index contributed by atoms with van der Waals surface area (Å²) < 4.78 is 10.3. The molecule has 0 spiro atoms. The van der Waals surface area contributed by atoms with Gasteiger partial charge in [-0.2, -0.15) is 0 Å². The molecule has 18 heavy (non-hydrogen) atoms. The molecule has 1 aromatic heterocycles. The minimum absolute atomic E-state index is 0.141. The van der Waals surface area contributed by atoms with Crippen molar-refractivity contribution in [1.29, 1.82) is 0 Å². The third-order valence-electron chi connectivity index (χ3n) is 2.78. The third kappa shape index (κ3) is 3.73. The first-order valence-electron chi connectivity index (χ1n) is 5.75. The van der Waals surface area contributed by atoms with Gasteiger partial charge in [-0.05, 0) is 18.1 Å². The molecule has 0 saturated carbocycles. The summed E-state index contributed by atoms with van der Waals surface area (Å²) in [6.45, 7) is 1.21. The highest BCUT2D eigenvalue weighted by atomic mass is 35.5. The zero-order valence-electron chi connectivity index (χ0n) is 11.0. The fraction of sp³-hybridized carbons (Fsp3) is 0.583. The van der Waals surface area contributed by atoms with E-state index in [9.17, 15) is 0 Å². The van der Waals surface area contributed by atoms with Gasteiger partial charge in [0.15, 0.2) is 5.15 Å². The van der Waals surface area contributed by atoms with Gasteiger partial charge in [-0.15, -0.1) is 0 Å². The number of nitrogens with two attached hydrogens (primary N) is 1. The number of methoxy groups -OCH3 is 2. The van der Waals surface area contributed by atoms with Gasteiger partial charge in [0.25, 0.3) is 0 Å². The van der Waals surface area contributed by atoms with E-state index in [1.165, 1.54) is 0 Å². The van der Waals surface area contributed by atoms with Crippen LogP contribution in [0.1, 0.15) is 17.9 Å². The Balaban J connectivity index is 3.04. The van der Waals surface area contributed by atoms with Crippen molar-refractivity contribution in [2.24, 2.45) is 0 Å². The number of hydrogen-bond acceptors (Lipinski definition) is 5. The van der Waals surface area contributed by atoms with Gasteiger partial charge in [-0.3, -0.25) is 0 Å². The molecule has 1 heterocycles. The highest BCUT2D eigenvalue weighted by Gasteiger charge is 2.18. The molecule has 102 valence electrons. The van der Waals surface area contributed by atoms with Crippen LogP contribution in [0.3, 0.4) is 0 Å². The van der Waals surface area contributed by atoms with Crippen molar-refractivity contribution in [3.05, 3.63) is 16.8 Å². The number of aromatic nitrogens is 1. The predicted octanol–water partition coefficient (Wildman–Crippen LogP) is 2.13. The first kappa shape index (κ1) is 15.0. The highest BCUT2D eigenvalue weighted by Crippen LogP contribution is 2.32. The van der Waals surface area contributed by atoms with Gasteiger partial charge in [-0.1, -0.05) is 11.6 Å². The summed E-state index contributed by atoms with van der Waals surface area (Å²) in [5.41, 5.74) is 7.44. The van der Waals surface area contributed by atoms with Crippen LogP contribution >= 0.6 is 11.6 Å². The van der Waals surface area contributed by atoms with Crippen LogP contribution in [0.5, 0.6) is 0 Å². The lowest BCUT2D eigenvalue weighted by molar-refractivity contribution is 0.144. The number of nitrogen functional groups attached to an aromatic ring is 1. The SMILES string of the molecule is CNc1cc(C(CCOC)COC)c(N)c(Cl)n1. The minimum Gasteiger partial charge on any atom is -0.396 e. The number of nitrogens with zero attached hydrogens (tertiary/aromatic N) is 1. The molecule has 5 nitrogen and oxygen atoms in total. The molecule has 0 aliphatic carbocycles. The van der Waals surface area contributed by atoms with Gasteiger partial charge in [-0.25, -0.2) is 4.98 Å². The van der Waals surface area contributed by atoms with Gasteiger partial charge in [0.2, 0.25) is 0 Å². The fourth-order valence-corrected chi connectivity index (χ4v) is 2.00. The first-order valence-corrected chi connectivity index (χ1v) is 6.13. The maximum atomic E-state index is 6.03. The third-order valence-corrected chi connectivity index (χ3v) is 3.07. The summed E-state index contributed by atoms with van der Waals surface area (Å²) in [5, 5.41) is 3.28. The summed E-state index contributed by atoms with van der Waals surface area (Å²) in [4.78, 5) is 4.13. The van der Waals surface area contributed by atoms with E-state index in [-0.39, 0.29) is 5.92 Å². The second-order valence-electron chi connectivity index (χ2n) is 3.98. The molecule has 0 aliphatic rings. The molecule has 0 saturated heterocycles. The Morgan fingerprint density at radius 3 is 2.72 bits per heavy atom. The summed E-state index contributed by atoms with van der Waals surface area (Å²) >= 11 is 6.03. The average Bonchev–Trinajstić information content (AvgIpc) is 2.37. The summed E-state index contributed by atoms with van der Waals surface area (Å²) in [6.07, 6.45) is 0.817. The number of rotatable bonds is 7. The lowest BCUT2D eigenvalue weighted by Crippen LogP contribution is -2.13. The normalized spacial score (nSPS) is 12.4. The number of anilines is 2. The number of nitrogens with one attached hydrogen (secondary N) is 1. The van der Waals surface area contributed by atoms with Gasteiger partial charge in [0.1, 0.15) is 5.82 Å². The summed E-state index contributed by atoms with van der Waals surface area (Å²) in [6, 6.07) is 1.90. The number of halogens is 1. The molecule has 0 bridgehead atoms. The smallest absolute Gasteiger partial charge is 0.154 e. The summed E-state index contributed by atoms with van der Waals surface area (Å²) in [5.74, 6) is 0.838. The van der Waals surface area contributed by atoms with Crippen molar-refractivity contribution in [2.45, 2.75) is 12.3 Å². The topological polar surface area (TPSA) is 69.4 Å². The van der Waals surface area contributed by atoms with Crippen molar-refractivity contribution >= 4 is 23.1 Å². The van der Waals surface area contributed by atoms with Gasteiger partial charge in [0.05, 0.1) is 12.3 Å². The molecule has 1 rings (SSSR count). The van der Waals surface area contributed by atoms with E-state index in [0.717, 1.165) is 12.0 Å². The second kappa shape index (κ2) is 7.41. The van der Waals surface area contributed by atoms with Gasteiger partial charge in [0, 0.05) is 33.8 Å². The monoisotopic (exact) mass is 273 g/mol. The van der Waals surface area contributed by atoms with Crippen molar-refractivity contribution in [3.8, 4) is 0 Å². The number of pyridine rings is 1. The van der Waals surface area contributed by atoms with E-state index < -0.39 is 0 Å². The zero-order chi connectivity index (χ0) is 13.5. The van der Waals surface area contributed by atoms with Crippen LogP contribution in [0.4, 0.5) is 11.5 Å². The van der Waals surface area contributed by atoms with Gasteiger partial charge >= 0.3 is 0 Å². The molecule has 1 aromatic rings. The van der Waals surface area contributed by atoms with E-state index in [4.69, 9.17) is 26.8 Å². The fourth-order valence-electron chi connectivity index (χ4n) is 1.80. The Morgan fingerprint density at radius 2 is 2.17 bits per heavy atom. The van der Waals surface area contributed by atoms with E-state index in [1.807, 2.05) is 6.07 Å². The Bertz CT molecular complexity index is 388. The Morgan fingerprint density at radius 1 is 1.44 bits per heavy atom. The maximum Gasteiger partial charge on any atom is 0.154 e. The molecular formula is C12H20ClN3O2. The Labute approximate surface area is 113 Å². The minimum atomic E-state index is 0.141. The van der Waals surface area contributed by atoms with Crippen LogP contribution in [0.2, 0.25) is 5.15 Å². The molecular weight excluding hydrogens is 254 g/mol. The van der Waals surface area contributed by atoms with Crippen LogP contribution in [0, 0.1) is 0 Å². The maximum absolute atomic E-state index is 6.03. The average molecular weight is 274 g/mol. The molecule has 1 atom stereocenters. The Hall–Kier alpha value is -1.04. The second-order valence-corrected chi connectivity index (χ2v) is 4.34. The Kier molecular flexibility index (Phi) is 6.18. The lowest BCUT2D eigenvalue weighted by Gasteiger charge is -2.19. The van der Waals surface area contributed by atoms with Crippen LogP contribution in [-0.2, 0) is 9.47 Å². The molecule has 0 aliphatic heterocycles. The van der Waals surface area contributed by atoms with Crippen LogP contribution in [0.15, 0.2) is 6.07 Å². The zero-order valence-corrected chi connectivity index (χ0v) is 11.8. The van der Waals surface area contributed by atoms with Crippen molar-refractivity contribution in [3.63, 3.8) is 0 Å². The lowest BCUT2D eigenvalue weighted by atomic mass is 9.96. The molecule has 0 fully saturated rings. The quantitative estimate of drug-likeness (QED) is 0.745. The predicted molar refractivity (Wildman–Crippen MR) is 74.3 cm³/mol. The molecule has 1 unspecified atom stereocenters. The summed E-state index contributed by atoms with van der Waals surface area (Å²) in [7, 11) is 5.13. The standard InChI is InChI=1S/C12H20ClN3O2/c1-15-10-6-9(11(14)12(13)16-10)8(7-18-3)4-5-17-2/h6,8H,4-5,7,14H2,1-3H3,(H,15,16). The van der Waals surface area contributed by atoms with Crippen LogP contribution in [0.25, 0.3) is 0 Å². The van der Waals surface area contributed by atoms with Gasteiger partial charge < -0.3 is 20.5 Å². The van der Waals surface area contributed by atoms with Crippen molar-refractivity contribution in [2.75, 3.05) is 45.5 Å². The number of hydrogen-bond donors (Lipinski definition) is 2. The van der Waals surface area contributed by atoms with Crippen molar-refractivity contribution < 1.29 is 9.47 Å². The van der Waals surface area contributed by atoms with Crippen LogP contribution < -0.4 is 11.1 Å². The van der Waals surface area contributed by atoms with Crippen molar-refractivity contribution in [1.82, 2.24) is 4.98 Å². The molecule has 3 N–H and O–H groups in total. The van der Waals surface area contributed by atoms with E-state index in [2.05, 4.69) is 10.3 Å². The molecule has 0 aromatic carbocycles. The highest BCUT2D eigenvalue weighted by molar-refractivity contribution is 6.32. The van der Waals surface area contributed by atoms with E-state index in [1.54, 1.807) is 21.3 Å². The van der Waals surface area contributed by atoms with Crippen LogP contribution in [-0.4, -0.2) is 39.5 Å².